The van der Waals surface area contributed by atoms with Crippen molar-refractivity contribution in [2.45, 2.75) is 19.5 Å². The van der Waals surface area contributed by atoms with Gasteiger partial charge in [0, 0.05) is 13.1 Å². The number of alkyl halides is 2. The van der Waals surface area contributed by atoms with Crippen LogP contribution in [0.3, 0.4) is 0 Å². The van der Waals surface area contributed by atoms with Crippen LogP contribution in [0, 0.1) is 0 Å². The first-order valence-corrected chi connectivity index (χ1v) is 8.28. The lowest BCUT2D eigenvalue weighted by atomic mass is 10.1. The monoisotopic (exact) mass is 491 g/mol. The molecule has 2 rings (SSSR count). The highest BCUT2D eigenvalue weighted by molar-refractivity contribution is 14.0. The summed E-state index contributed by atoms with van der Waals surface area (Å²) in [7, 11) is 1.40. The number of guanidine groups is 1. The summed E-state index contributed by atoms with van der Waals surface area (Å²) < 4.78 is 34.4. The summed E-state index contributed by atoms with van der Waals surface area (Å²) in [6, 6.07) is 15.0. The van der Waals surface area contributed by atoms with Crippen molar-refractivity contribution in [1.29, 1.82) is 0 Å². The minimum atomic E-state index is -2.90. The molecular formula is C19H24F2IN3O2. The fourth-order valence-electron chi connectivity index (χ4n) is 2.41. The van der Waals surface area contributed by atoms with E-state index in [1.54, 1.807) is 12.1 Å². The number of ether oxygens (including phenoxy) is 2. The van der Waals surface area contributed by atoms with E-state index < -0.39 is 6.61 Å². The molecule has 0 unspecified atom stereocenters. The zero-order valence-electron chi connectivity index (χ0n) is 15.0. The van der Waals surface area contributed by atoms with Gasteiger partial charge in [-0.15, -0.1) is 24.0 Å². The molecule has 0 atom stereocenters. The fourth-order valence-corrected chi connectivity index (χ4v) is 2.41. The van der Waals surface area contributed by atoms with Crippen LogP contribution in [-0.2, 0) is 12.8 Å². The van der Waals surface area contributed by atoms with E-state index in [4.69, 9.17) is 10.5 Å². The molecular weight excluding hydrogens is 467 g/mol. The third kappa shape index (κ3) is 8.42. The number of benzene rings is 2. The van der Waals surface area contributed by atoms with Crippen LogP contribution in [0.25, 0.3) is 0 Å². The summed E-state index contributed by atoms with van der Waals surface area (Å²) in [5.74, 6) is 0.645. The van der Waals surface area contributed by atoms with Crippen molar-refractivity contribution in [3.63, 3.8) is 0 Å². The molecule has 148 valence electrons. The highest BCUT2D eigenvalue weighted by Gasteiger charge is 2.11. The van der Waals surface area contributed by atoms with E-state index in [1.165, 1.54) is 18.7 Å². The summed E-state index contributed by atoms with van der Waals surface area (Å²) in [5, 5.41) is 3.01. The zero-order chi connectivity index (χ0) is 18.8. The zero-order valence-corrected chi connectivity index (χ0v) is 17.4. The normalized spacial score (nSPS) is 11.0. The minimum absolute atomic E-state index is 0. The molecule has 0 aliphatic heterocycles. The molecule has 0 saturated carbocycles. The summed E-state index contributed by atoms with van der Waals surface area (Å²) >= 11 is 0. The number of nitrogens with one attached hydrogen (secondary N) is 1. The predicted molar refractivity (Wildman–Crippen MR) is 113 cm³/mol. The van der Waals surface area contributed by atoms with Crippen LogP contribution < -0.4 is 20.5 Å². The van der Waals surface area contributed by atoms with Crippen molar-refractivity contribution in [3.8, 4) is 11.5 Å². The van der Waals surface area contributed by atoms with Gasteiger partial charge in [-0.3, -0.25) is 4.99 Å². The number of aliphatic imine (C=N–C) groups is 1. The molecule has 8 heteroatoms. The van der Waals surface area contributed by atoms with Gasteiger partial charge in [0.15, 0.2) is 17.5 Å². The molecule has 0 aromatic heterocycles. The molecule has 27 heavy (non-hydrogen) atoms. The van der Waals surface area contributed by atoms with Gasteiger partial charge in [-0.05, 0) is 36.1 Å². The van der Waals surface area contributed by atoms with E-state index in [1.807, 2.05) is 30.3 Å². The predicted octanol–water partition coefficient (Wildman–Crippen LogP) is 3.60. The van der Waals surface area contributed by atoms with Crippen LogP contribution in [0.15, 0.2) is 53.5 Å². The van der Waals surface area contributed by atoms with Gasteiger partial charge >= 0.3 is 6.61 Å². The third-order valence-electron chi connectivity index (χ3n) is 3.69. The fraction of sp³-hybridized carbons (Fsp3) is 0.316. The summed E-state index contributed by atoms with van der Waals surface area (Å²) in [6.45, 7) is -1.77. The van der Waals surface area contributed by atoms with Gasteiger partial charge in [0.1, 0.15) is 0 Å². The summed E-state index contributed by atoms with van der Waals surface area (Å²) in [6.07, 6.45) is 1.40. The number of hydrogen-bond donors (Lipinski definition) is 2. The maximum Gasteiger partial charge on any atom is 0.387 e. The third-order valence-corrected chi connectivity index (χ3v) is 3.69. The van der Waals surface area contributed by atoms with Gasteiger partial charge in [-0.25, -0.2) is 0 Å². The highest BCUT2D eigenvalue weighted by Crippen LogP contribution is 2.29. The van der Waals surface area contributed by atoms with Crippen LogP contribution in [0.1, 0.15) is 11.1 Å². The molecule has 0 radical (unpaired) electrons. The molecule has 0 aliphatic carbocycles. The Kier molecular flexibility index (Phi) is 10.5. The SMILES string of the molecule is COc1ccc(CCNC(N)=NCCc2ccccc2)cc1OC(F)F.I. The number of nitrogens with zero attached hydrogens (tertiary/aromatic N) is 1. The van der Waals surface area contributed by atoms with Gasteiger partial charge in [-0.2, -0.15) is 8.78 Å². The molecule has 2 aromatic carbocycles. The Bertz CT molecular complexity index is 715. The average Bonchev–Trinajstić information content (AvgIpc) is 2.62. The van der Waals surface area contributed by atoms with Crippen LogP contribution in [-0.4, -0.2) is 32.8 Å². The Labute approximate surface area is 175 Å². The maximum atomic E-state index is 12.4. The lowest BCUT2D eigenvalue weighted by molar-refractivity contribution is -0.0512. The molecule has 0 bridgehead atoms. The van der Waals surface area contributed by atoms with E-state index in [9.17, 15) is 8.78 Å². The molecule has 0 amide bonds. The highest BCUT2D eigenvalue weighted by atomic mass is 127. The van der Waals surface area contributed by atoms with E-state index in [0.717, 1.165) is 12.0 Å². The van der Waals surface area contributed by atoms with Gasteiger partial charge in [-0.1, -0.05) is 36.4 Å². The molecule has 0 saturated heterocycles. The Balaban J connectivity index is 0.00000364. The molecule has 2 aromatic rings. The quantitative estimate of drug-likeness (QED) is 0.320. The standard InChI is InChI=1S/C19H23F2N3O2.HI/c1-25-16-8-7-15(13-17(16)26-18(20)21)10-12-24-19(22)23-11-9-14-5-3-2-4-6-14;/h2-8,13,18H,9-12H2,1H3,(H3,22,23,24);1H. The van der Waals surface area contributed by atoms with E-state index in [-0.39, 0.29) is 35.5 Å². The minimum Gasteiger partial charge on any atom is -0.493 e. The average molecular weight is 491 g/mol. The lowest BCUT2D eigenvalue weighted by Gasteiger charge is -2.12. The topological polar surface area (TPSA) is 68.9 Å². The van der Waals surface area contributed by atoms with Crippen molar-refractivity contribution in [2.24, 2.45) is 10.7 Å². The lowest BCUT2D eigenvalue weighted by Crippen LogP contribution is -2.33. The largest absolute Gasteiger partial charge is 0.493 e. The second-order valence-corrected chi connectivity index (χ2v) is 5.54. The van der Waals surface area contributed by atoms with E-state index in [2.05, 4.69) is 15.0 Å². The summed E-state index contributed by atoms with van der Waals surface area (Å²) in [4.78, 5) is 4.27. The van der Waals surface area contributed by atoms with Crippen molar-refractivity contribution in [1.82, 2.24) is 5.32 Å². The maximum absolute atomic E-state index is 12.4. The number of hydrogen-bond acceptors (Lipinski definition) is 3. The van der Waals surface area contributed by atoms with Gasteiger partial charge in [0.2, 0.25) is 0 Å². The van der Waals surface area contributed by atoms with Crippen LogP contribution in [0.4, 0.5) is 8.78 Å². The van der Waals surface area contributed by atoms with Gasteiger partial charge < -0.3 is 20.5 Å². The van der Waals surface area contributed by atoms with Crippen molar-refractivity contribution in [2.75, 3.05) is 20.2 Å². The van der Waals surface area contributed by atoms with Crippen molar-refractivity contribution < 1.29 is 18.3 Å². The van der Waals surface area contributed by atoms with Crippen LogP contribution in [0.2, 0.25) is 0 Å². The van der Waals surface area contributed by atoms with Crippen molar-refractivity contribution in [3.05, 3.63) is 59.7 Å². The van der Waals surface area contributed by atoms with E-state index >= 15 is 0 Å². The number of halogens is 3. The molecule has 0 heterocycles. The van der Waals surface area contributed by atoms with Crippen LogP contribution >= 0.6 is 24.0 Å². The molecule has 0 spiro atoms. The second kappa shape index (κ2) is 12.3. The molecule has 0 fully saturated rings. The van der Waals surface area contributed by atoms with Gasteiger partial charge in [0.05, 0.1) is 7.11 Å². The Morgan fingerprint density at radius 3 is 2.48 bits per heavy atom. The first kappa shape index (κ1) is 22.9. The molecule has 5 nitrogen and oxygen atoms in total. The first-order valence-electron chi connectivity index (χ1n) is 8.28. The molecule has 3 N–H and O–H groups in total. The number of rotatable bonds is 9. The van der Waals surface area contributed by atoms with Crippen molar-refractivity contribution >= 4 is 29.9 Å². The Morgan fingerprint density at radius 2 is 1.81 bits per heavy atom. The Morgan fingerprint density at radius 1 is 1.07 bits per heavy atom. The smallest absolute Gasteiger partial charge is 0.387 e. The Hall–Kier alpha value is -2.10. The summed E-state index contributed by atoms with van der Waals surface area (Å²) in [5.41, 5.74) is 7.87. The van der Waals surface area contributed by atoms with Gasteiger partial charge in [0.25, 0.3) is 0 Å². The second-order valence-electron chi connectivity index (χ2n) is 5.54. The van der Waals surface area contributed by atoms with E-state index in [0.29, 0.717) is 25.5 Å². The number of nitrogens with two attached hydrogens (primary N) is 1. The molecule has 0 aliphatic rings. The van der Waals surface area contributed by atoms with Crippen LogP contribution in [0.5, 0.6) is 11.5 Å². The first-order chi connectivity index (χ1) is 12.6. The number of methoxy groups -OCH3 is 1.